The summed E-state index contributed by atoms with van der Waals surface area (Å²) in [6, 6.07) is 6.73. The minimum absolute atomic E-state index is 0.140. The minimum Gasteiger partial charge on any atom is -0.497 e. The number of hydrogen-bond acceptors (Lipinski definition) is 4. The van der Waals surface area contributed by atoms with Crippen LogP contribution in [-0.4, -0.2) is 51.7 Å². The summed E-state index contributed by atoms with van der Waals surface area (Å²) < 4.78 is 5.10. The number of fused-ring (bicyclic) bond motifs is 1. The van der Waals surface area contributed by atoms with E-state index in [9.17, 15) is 9.59 Å². The molecule has 2 fully saturated rings. The maximum absolute atomic E-state index is 12.6. The van der Waals surface area contributed by atoms with Crippen LogP contribution in [0.1, 0.15) is 37.6 Å². The van der Waals surface area contributed by atoms with E-state index in [1.54, 1.807) is 31.4 Å². The SMILES string of the molecule is COc1ccc(C(=O)NN2C(=O)CN3C(=S)NC(C)(C)C[C@]32C)cc1. The second-order valence-corrected chi connectivity index (χ2v) is 7.58. The summed E-state index contributed by atoms with van der Waals surface area (Å²) in [6.45, 7) is 6.10. The summed E-state index contributed by atoms with van der Waals surface area (Å²) in [4.78, 5) is 26.9. The third-order valence-corrected chi connectivity index (χ3v) is 4.96. The number of hydrogen-bond donors (Lipinski definition) is 2. The Morgan fingerprint density at radius 2 is 1.92 bits per heavy atom. The van der Waals surface area contributed by atoms with Gasteiger partial charge in [0.25, 0.3) is 11.8 Å². The number of nitrogens with zero attached hydrogens (tertiary/aromatic N) is 2. The monoisotopic (exact) mass is 362 g/mol. The highest BCUT2D eigenvalue weighted by Crippen LogP contribution is 2.37. The van der Waals surface area contributed by atoms with Crippen LogP contribution in [0.5, 0.6) is 5.75 Å². The molecule has 25 heavy (non-hydrogen) atoms. The fourth-order valence-corrected chi connectivity index (χ4v) is 4.10. The molecule has 1 aromatic carbocycles. The molecule has 7 nitrogen and oxygen atoms in total. The Kier molecular flexibility index (Phi) is 4.10. The first-order valence-corrected chi connectivity index (χ1v) is 8.45. The standard InChI is InChI=1S/C17H22N4O3S/c1-16(2)10-17(3)20(15(25)18-16)9-13(22)21(17)19-14(23)11-5-7-12(24-4)8-6-11/h5-8H,9-10H2,1-4H3,(H,18,25)(H,19,23)/t17-/m1/s1. The van der Waals surface area contributed by atoms with Crippen molar-refractivity contribution in [2.75, 3.05) is 13.7 Å². The van der Waals surface area contributed by atoms with Crippen LogP contribution in [0, 0.1) is 0 Å². The van der Waals surface area contributed by atoms with Crippen LogP contribution in [0.2, 0.25) is 0 Å². The van der Waals surface area contributed by atoms with Gasteiger partial charge in [-0.15, -0.1) is 0 Å². The van der Waals surface area contributed by atoms with E-state index >= 15 is 0 Å². The van der Waals surface area contributed by atoms with Crippen molar-refractivity contribution >= 4 is 29.1 Å². The molecular formula is C17H22N4O3S. The Bertz CT molecular complexity index is 734. The van der Waals surface area contributed by atoms with Crippen LogP contribution >= 0.6 is 12.2 Å². The number of amides is 2. The predicted octanol–water partition coefficient (Wildman–Crippen LogP) is 1.26. The molecule has 0 unspecified atom stereocenters. The highest BCUT2D eigenvalue weighted by Gasteiger charge is 2.55. The van der Waals surface area contributed by atoms with Gasteiger partial charge in [0.1, 0.15) is 18.0 Å². The number of rotatable bonds is 3. The number of hydrazine groups is 1. The molecule has 2 aliphatic rings. The zero-order chi connectivity index (χ0) is 18.4. The first kappa shape index (κ1) is 17.5. The first-order chi connectivity index (χ1) is 11.7. The molecule has 1 aromatic rings. The summed E-state index contributed by atoms with van der Waals surface area (Å²) in [7, 11) is 1.56. The van der Waals surface area contributed by atoms with Gasteiger partial charge in [0, 0.05) is 17.5 Å². The maximum Gasteiger partial charge on any atom is 0.269 e. The number of thiocarbonyl (C=S) groups is 1. The number of carbonyl (C=O) groups excluding carboxylic acids is 2. The van der Waals surface area contributed by atoms with E-state index in [1.807, 2.05) is 25.7 Å². The second kappa shape index (κ2) is 5.87. The molecule has 2 heterocycles. The Balaban J connectivity index is 1.84. The lowest BCUT2D eigenvalue weighted by Crippen LogP contribution is -2.69. The van der Waals surface area contributed by atoms with Crippen LogP contribution in [0.25, 0.3) is 0 Å². The summed E-state index contributed by atoms with van der Waals surface area (Å²) in [5.74, 6) is 0.130. The van der Waals surface area contributed by atoms with Crippen molar-refractivity contribution < 1.29 is 14.3 Å². The van der Waals surface area contributed by atoms with Gasteiger partial charge in [-0.25, -0.2) is 5.01 Å². The highest BCUT2D eigenvalue weighted by molar-refractivity contribution is 7.80. The van der Waals surface area contributed by atoms with Crippen molar-refractivity contribution in [3.63, 3.8) is 0 Å². The lowest BCUT2D eigenvalue weighted by atomic mass is 9.89. The van der Waals surface area contributed by atoms with Gasteiger partial charge >= 0.3 is 0 Å². The number of ether oxygens (including phenoxy) is 1. The van der Waals surface area contributed by atoms with Crippen LogP contribution < -0.4 is 15.5 Å². The largest absolute Gasteiger partial charge is 0.497 e. The van der Waals surface area contributed by atoms with E-state index < -0.39 is 5.66 Å². The number of carbonyl (C=O) groups is 2. The van der Waals surface area contributed by atoms with E-state index in [0.29, 0.717) is 22.8 Å². The zero-order valence-corrected chi connectivity index (χ0v) is 15.6. The summed E-state index contributed by atoms with van der Waals surface area (Å²) in [5.41, 5.74) is 2.22. The molecule has 0 radical (unpaired) electrons. The van der Waals surface area contributed by atoms with Gasteiger partial charge in [0.2, 0.25) is 0 Å². The molecule has 0 aliphatic carbocycles. The van der Waals surface area contributed by atoms with E-state index in [0.717, 1.165) is 0 Å². The quantitative estimate of drug-likeness (QED) is 0.789. The predicted molar refractivity (Wildman–Crippen MR) is 96.8 cm³/mol. The average molecular weight is 362 g/mol. The Morgan fingerprint density at radius 1 is 1.28 bits per heavy atom. The van der Waals surface area contributed by atoms with Gasteiger partial charge in [-0.05, 0) is 57.3 Å². The molecule has 1 atom stereocenters. The molecule has 2 saturated heterocycles. The van der Waals surface area contributed by atoms with Crippen LogP contribution in [0.15, 0.2) is 24.3 Å². The molecule has 0 spiro atoms. The van der Waals surface area contributed by atoms with Crippen molar-refractivity contribution in [1.29, 1.82) is 0 Å². The van der Waals surface area contributed by atoms with Crippen LogP contribution in [0.3, 0.4) is 0 Å². The van der Waals surface area contributed by atoms with Gasteiger partial charge < -0.3 is 15.0 Å². The third-order valence-electron chi connectivity index (χ3n) is 4.64. The van der Waals surface area contributed by atoms with Crippen molar-refractivity contribution in [2.24, 2.45) is 0 Å². The normalized spacial score (nSPS) is 24.6. The molecule has 0 saturated carbocycles. The van der Waals surface area contributed by atoms with Gasteiger partial charge in [-0.1, -0.05) is 0 Å². The van der Waals surface area contributed by atoms with Crippen molar-refractivity contribution in [2.45, 2.75) is 38.4 Å². The average Bonchev–Trinajstić information content (AvgIpc) is 2.78. The van der Waals surface area contributed by atoms with E-state index in [4.69, 9.17) is 17.0 Å². The first-order valence-electron chi connectivity index (χ1n) is 8.04. The Morgan fingerprint density at radius 3 is 2.52 bits per heavy atom. The van der Waals surface area contributed by atoms with Crippen LogP contribution in [-0.2, 0) is 4.79 Å². The lowest BCUT2D eigenvalue weighted by Gasteiger charge is -2.50. The minimum atomic E-state index is -0.703. The van der Waals surface area contributed by atoms with Crippen molar-refractivity contribution in [3.05, 3.63) is 29.8 Å². The molecule has 3 rings (SSSR count). The fourth-order valence-electron chi connectivity index (χ4n) is 3.56. The van der Waals surface area contributed by atoms with E-state index in [-0.39, 0.29) is 23.9 Å². The number of benzene rings is 1. The van der Waals surface area contributed by atoms with E-state index in [2.05, 4.69) is 10.7 Å². The molecule has 0 bridgehead atoms. The zero-order valence-electron chi connectivity index (χ0n) is 14.8. The Hall–Kier alpha value is -2.35. The topological polar surface area (TPSA) is 73.9 Å². The Labute approximate surface area is 152 Å². The van der Waals surface area contributed by atoms with Gasteiger partial charge in [0.15, 0.2) is 5.11 Å². The summed E-state index contributed by atoms with van der Waals surface area (Å²) in [5, 5.41) is 5.18. The third kappa shape index (κ3) is 3.02. The lowest BCUT2D eigenvalue weighted by molar-refractivity contribution is -0.134. The smallest absolute Gasteiger partial charge is 0.269 e. The van der Waals surface area contributed by atoms with Gasteiger partial charge in [-0.3, -0.25) is 15.0 Å². The highest BCUT2D eigenvalue weighted by atomic mass is 32.1. The number of nitrogens with one attached hydrogen (secondary N) is 2. The molecule has 2 N–H and O–H groups in total. The molecule has 2 aliphatic heterocycles. The van der Waals surface area contributed by atoms with Crippen molar-refractivity contribution in [1.82, 2.24) is 20.7 Å². The van der Waals surface area contributed by atoms with Crippen molar-refractivity contribution in [3.8, 4) is 5.75 Å². The molecule has 2 amide bonds. The molecule has 8 heteroatoms. The van der Waals surface area contributed by atoms with Gasteiger partial charge in [-0.2, -0.15) is 0 Å². The van der Waals surface area contributed by atoms with Crippen LogP contribution in [0.4, 0.5) is 0 Å². The summed E-state index contributed by atoms with van der Waals surface area (Å²) in [6.07, 6.45) is 0.620. The maximum atomic E-state index is 12.6. The molecule has 134 valence electrons. The van der Waals surface area contributed by atoms with E-state index in [1.165, 1.54) is 5.01 Å². The fraction of sp³-hybridized carbons (Fsp3) is 0.471. The summed E-state index contributed by atoms with van der Waals surface area (Å²) >= 11 is 5.41. The second-order valence-electron chi connectivity index (χ2n) is 7.19. The molecule has 0 aromatic heterocycles. The number of methoxy groups -OCH3 is 1. The van der Waals surface area contributed by atoms with Gasteiger partial charge in [0.05, 0.1) is 7.11 Å². The molecular weight excluding hydrogens is 340 g/mol.